The molecular weight excluding hydrogens is 386 g/mol. The van der Waals surface area contributed by atoms with E-state index in [0.29, 0.717) is 22.1 Å². The summed E-state index contributed by atoms with van der Waals surface area (Å²) in [7, 11) is 0. The summed E-state index contributed by atoms with van der Waals surface area (Å²) in [6, 6.07) is 13.2. The molecule has 1 heterocycles. The van der Waals surface area contributed by atoms with E-state index in [9.17, 15) is 20.1 Å². The fourth-order valence-corrected chi connectivity index (χ4v) is 2.92. The van der Waals surface area contributed by atoms with Crippen molar-refractivity contribution in [3.8, 4) is 0 Å². The average molecular weight is 409 g/mol. The van der Waals surface area contributed by atoms with Crippen molar-refractivity contribution in [2.75, 3.05) is 10.2 Å². The minimum Gasteiger partial charge on any atom is -0.267 e. The monoisotopic (exact) mass is 409 g/mol. The van der Waals surface area contributed by atoms with E-state index in [4.69, 9.17) is 0 Å². The summed E-state index contributed by atoms with van der Waals surface area (Å²) in [5.74, 6) is -0.503. The Labute approximate surface area is 174 Å². The van der Waals surface area contributed by atoms with Crippen molar-refractivity contribution in [3.63, 3.8) is 0 Å². The lowest BCUT2D eigenvalue weighted by Crippen LogP contribution is -2.29. The summed E-state index contributed by atoms with van der Waals surface area (Å²) >= 11 is 0. The number of nitro benzene ring substituents is 1. The van der Waals surface area contributed by atoms with Crippen LogP contribution in [-0.4, -0.2) is 27.5 Å². The first-order valence-electron chi connectivity index (χ1n) is 9.46. The molecule has 2 aromatic rings. The van der Waals surface area contributed by atoms with Gasteiger partial charge in [-0.25, -0.2) is 0 Å². The summed E-state index contributed by atoms with van der Waals surface area (Å²) in [6.45, 7) is 7.49. The Morgan fingerprint density at radius 3 is 2.50 bits per heavy atom. The molecule has 9 nitrogen and oxygen atoms in total. The molecular formula is C21H23N5O4. The molecule has 0 aromatic heterocycles. The maximum Gasteiger partial charge on any atom is 0.301 e. The molecule has 156 valence electrons. The highest BCUT2D eigenvalue weighted by atomic mass is 16.6. The minimum atomic E-state index is -0.524. The number of anilines is 2. The summed E-state index contributed by atoms with van der Waals surface area (Å²) in [6.07, 6.45) is 0.740. The molecule has 0 radical (unpaired) electrons. The third-order valence-electron chi connectivity index (χ3n) is 5.19. The van der Waals surface area contributed by atoms with E-state index in [1.54, 1.807) is 37.3 Å². The number of carbonyl (C=O) groups excluding carboxylic acids is 1. The van der Waals surface area contributed by atoms with Crippen molar-refractivity contribution in [2.45, 2.75) is 39.5 Å². The van der Waals surface area contributed by atoms with E-state index in [1.165, 1.54) is 17.1 Å². The molecule has 3 rings (SSSR count). The van der Waals surface area contributed by atoms with Crippen molar-refractivity contribution >= 4 is 34.4 Å². The second-order valence-corrected chi connectivity index (χ2v) is 7.61. The third-order valence-corrected chi connectivity index (χ3v) is 5.19. The first-order valence-corrected chi connectivity index (χ1v) is 9.46. The molecule has 1 aliphatic heterocycles. The average Bonchev–Trinajstić information content (AvgIpc) is 3.02. The van der Waals surface area contributed by atoms with Gasteiger partial charge < -0.3 is 0 Å². The summed E-state index contributed by atoms with van der Waals surface area (Å²) in [5.41, 5.74) is 1.09. The molecule has 30 heavy (non-hydrogen) atoms. The number of hydrogen-bond donors (Lipinski definition) is 1. The SMILES string of the molecule is CCC(C)(C)c1cc(N(O)N=C2C(=O)N(c3ccccc3)N=C2C)cc([N+](=O)[O-])c1. The van der Waals surface area contributed by atoms with E-state index in [-0.39, 0.29) is 22.5 Å². The smallest absolute Gasteiger partial charge is 0.267 e. The first kappa shape index (κ1) is 21.1. The van der Waals surface area contributed by atoms with Gasteiger partial charge in [0.15, 0.2) is 5.71 Å². The number of nitro groups is 1. The molecule has 1 amide bonds. The van der Waals surface area contributed by atoms with Gasteiger partial charge in [0.25, 0.3) is 5.69 Å². The molecule has 0 spiro atoms. The van der Waals surface area contributed by atoms with Crippen LogP contribution in [0.3, 0.4) is 0 Å². The molecule has 0 aliphatic carbocycles. The normalized spacial score (nSPS) is 15.5. The van der Waals surface area contributed by atoms with Crippen molar-refractivity contribution in [2.24, 2.45) is 10.2 Å². The molecule has 2 aromatic carbocycles. The van der Waals surface area contributed by atoms with Gasteiger partial charge in [-0.3, -0.25) is 20.1 Å². The summed E-state index contributed by atoms with van der Waals surface area (Å²) in [4.78, 5) is 23.6. The van der Waals surface area contributed by atoms with Crippen molar-refractivity contribution in [3.05, 3.63) is 64.2 Å². The highest BCUT2D eigenvalue weighted by Gasteiger charge is 2.32. The van der Waals surface area contributed by atoms with E-state index >= 15 is 0 Å². The number of hydrogen-bond acceptors (Lipinski definition) is 7. The number of hydrazone groups is 2. The Morgan fingerprint density at radius 1 is 1.23 bits per heavy atom. The first-order chi connectivity index (χ1) is 14.1. The zero-order chi connectivity index (χ0) is 22.1. The minimum absolute atomic E-state index is 0.0517. The van der Waals surface area contributed by atoms with Gasteiger partial charge in [0, 0.05) is 12.1 Å². The number of benzene rings is 2. The summed E-state index contributed by atoms with van der Waals surface area (Å²) < 4.78 is 0. The Kier molecular flexibility index (Phi) is 5.66. The Hall–Kier alpha value is -3.59. The molecule has 0 saturated carbocycles. The van der Waals surface area contributed by atoms with Gasteiger partial charge >= 0.3 is 5.91 Å². The fraction of sp³-hybridized carbons (Fsp3) is 0.286. The standard InChI is InChI=1S/C21H23N5O4/c1-5-21(3,4)15-11-17(13-18(12-15)26(29)30)25(28)23-19-14(2)22-24(20(19)27)16-9-7-6-8-10-16/h6-13,28H,5H2,1-4H3. The number of nitrogens with zero attached hydrogens (tertiary/aromatic N) is 5. The number of rotatable bonds is 6. The maximum atomic E-state index is 12.8. The fourth-order valence-electron chi connectivity index (χ4n) is 2.92. The van der Waals surface area contributed by atoms with Crippen LogP contribution in [0.4, 0.5) is 17.1 Å². The van der Waals surface area contributed by atoms with Gasteiger partial charge in [0.2, 0.25) is 0 Å². The molecule has 0 bridgehead atoms. The zero-order valence-electron chi connectivity index (χ0n) is 17.2. The van der Waals surface area contributed by atoms with Crippen molar-refractivity contribution in [1.82, 2.24) is 0 Å². The van der Waals surface area contributed by atoms with E-state index in [0.717, 1.165) is 6.42 Å². The number of carbonyl (C=O) groups is 1. The topological polar surface area (TPSA) is 112 Å². The Bertz CT molecular complexity index is 1050. The van der Waals surface area contributed by atoms with Gasteiger partial charge in [-0.2, -0.15) is 10.1 Å². The quantitative estimate of drug-likeness (QED) is 0.566. The van der Waals surface area contributed by atoms with Gasteiger partial charge in [0.1, 0.15) is 0 Å². The van der Waals surface area contributed by atoms with Crippen LogP contribution in [-0.2, 0) is 10.2 Å². The van der Waals surface area contributed by atoms with Crippen LogP contribution >= 0.6 is 0 Å². The molecule has 1 aliphatic rings. The van der Waals surface area contributed by atoms with Crippen LogP contribution in [0.2, 0.25) is 0 Å². The lowest BCUT2D eigenvalue weighted by atomic mass is 9.82. The molecule has 0 fully saturated rings. The second-order valence-electron chi connectivity index (χ2n) is 7.61. The predicted molar refractivity (Wildman–Crippen MR) is 115 cm³/mol. The highest BCUT2D eigenvalue weighted by Crippen LogP contribution is 2.33. The van der Waals surface area contributed by atoms with Crippen LogP contribution in [0, 0.1) is 10.1 Å². The van der Waals surface area contributed by atoms with Crippen LogP contribution in [0.15, 0.2) is 58.7 Å². The van der Waals surface area contributed by atoms with Crippen LogP contribution in [0.5, 0.6) is 0 Å². The van der Waals surface area contributed by atoms with E-state index < -0.39 is 10.8 Å². The van der Waals surface area contributed by atoms with Crippen LogP contribution in [0.25, 0.3) is 0 Å². The van der Waals surface area contributed by atoms with Crippen molar-refractivity contribution < 1.29 is 14.9 Å². The lowest BCUT2D eigenvalue weighted by Gasteiger charge is -2.24. The number of non-ortho nitro benzene ring substituents is 1. The molecule has 0 unspecified atom stereocenters. The van der Waals surface area contributed by atoms with Crippen LogP contribution < -0.4 is 10.2 Å². The zero-order valence-corrected chi connectivity index (χ0v) is 17.2. The summed E-state index contributed by atoms with van der Waals surface area (Å²) in [5, 5.41) is 31.8. The largest absolute Gasteiger partial charge is 0.301 e. The van der Waals surface area contributed by atoms with Gasteiger partial charge in [-0.15, -0.1) is 10.3 Å². The Morgan fingerprint density at radius 2 is 1.90 bits per heavy atom. The van der Waals surface area contributed by atoms with Crippen LogP contribution in [0.1, 0.15) is 39.7 Å². The highest BCUT2D eigenvalue weighted by molar-refractivity contribution is 6.71. The Balaban J connectivity index is 1.98. The maximum absolute atomic E-state index is 12.8. The second kappa shape index (κ2) is 8.03. The van der Waals surface area contributed by atoms with Gasteiger partial charge in [0.05, 0.1) is 22.0 Å². The van der Waals surface area contributed by atoms with Gasteiger partial charge in [-0.05, 0) is 42.5 Å². The molecule has 1 N–H and O–H groups in total. The van der Waals surface area contributed by atoms with Gasteiger partial charge in [-0.1, -0.05) is 39.0 Å². The molecule has 9 heteroatoms. The molecule has 0 atom stereocenters. The number of para-hydroxylation sites is 1. The van der Waals surface area contributed by atoms with Crippen molar-refractivity contribution in [1.29, 1.82) is 0 Å². The van der Waals surface area contributed by atoms with E-state index in [2.05, 4.69) is 10.2 Å². The molecule has 0 saturated heterocycles. The third kappa shape index (κ3) is 4.06. The lowest BCUT2D eigenvalue weighted by molar-refractivity contribution is -0.384. The predicted octanol–water partition coefficient (Wildman–Crippen LogP) is 4.26. The number of amides is 1. The van der Waals surface area contributed by atoms with E-state index in [1.807, 2.05) is 26.8 Å².